The van der Waals surface area contributed by atoms with E-state index in [4.69, 9.17) is 11.6 Å². The third kappa shape index (κ3) is 4.87. The van der Waals surface area contributed by atoms with Gasteiger partial charge in [0.2, 0.25) is 0 Å². The normalized spacial score (nSPS) is 15.1. The van der Waals surface area contributed by atoms with Crippen LogP contribution in [0.5, 0.6) is 0 Å². The lowest BCUT2D eigenvalue weighted by atomic mass is 10.1. The number of halogens is 1. The van der Waals surface area contributed by atoms with Crippen molar-refractivity contribution in [2.24, 2.45) is 0 Å². The van der Waals surface area contributed by atoms with Gasteiger partial charge in [-0.15, -0.1) is 0 Å². The maximum Gasteiger partial charge on any atom is 0.255 e. The third-order valence-electron chi connectivity index (χ3n) is 4.86. The molecule has 1 aliphatic heterocycles. The molecule has 1 aromatic heterocycles. The molecule has 0 spiro atoms. The number of benzene rings is 1. The predicted molar refractivity (Wildman–Crippen MR) is 114 cm³/mol. The van der Waals surface area contributed by atoms with Crippen molar-refractivity contribution < 1.29 is 13.2 Å². The van der Waals surface area contributed by atoms with E-state index in [-0.39, 0.29) is 27.3 Å². The average molecular weight is 437 g/mol. The van der Waals surface area contributed by atoms with E-state index < -0.39 is 9.84 Å². The number of piperazine rings is 1. The van der Waals surface area contributed by atoms with Gasteiger partial charge in [-0.3, -0.25) is 4.79 Å². The van der Waals surface area contributed by atoms with Crippen molar-refractivity contribution >= 4 is 33.2 Å². The highest BCUT2D eigenvalue weighted by atomic mass is 35.5. The van der Waals surface area contributed by atoms with Crippen LogP contribution in [-0.4, -0.2) is 61.6 Å². The lowest BCUT2D eigenvalue weighted by molar-refractivity contribution is 0.0746. The molecular weight excluding hydrogens is 412 g/mol. The maximum absolute atomic E-state index is 12.9. The first kappa shape index (κ1) is 21.5. The zero-order valence-corrected chi connectivity index (χ0v) is 18.6. The van der Waals surface area contributed by atoms with Gasteiger partial charge in [0, 0.05) is 50.1 Å². The lowest BCUT2D eigenvalue weighted by Crippen LogP contribution is -2.49. The van der Waals surface area contributed by atoms with Gasteiger partial charge in [-0.1, -0.05) is 25.4 Å². The lowest BCUT2D eigenvalue weighted by Gasteiger charge is -2.35. The summed E-state index contributed by atoms with van der Waals surface area (Å²) in [6.45, 7) is 8.32. The Hall–Kier alpha value is -2.19. The first-order valence-corrected chi connectivity index (χ1v) is 11.7. The molecule has 9 heteroatoms. The molecule has 1 saturated heterocycles. The number of aromatic nitrogens is 2. The summed E-state index contributed by atoms with van der Waals surface area (Å²) >= 11 is 6.18. The predicted octanol–water partition coefficient (Wildman–Crippen LogP) is 2.93. The average Bonchev–Trinajstić information content (AvgIpc) is 2.66. The van der Waals surface area contributed by atoms with Crippen molar-refractivity contribution in [1.29, 1.82) is 0 Å². The largest absolute Gasteiger partial charge is 0.353 e. The number of sulfone groups is 1. The van der Waals surface area contributed by atoms with E-state index in [9.17, 15) is 13.2 Å². The summed E-state index contributed by atoms with van der Waals surface area (Å²) in [5.41, 5.74) is 1.13. The Morgan fingerprint density at radius 2 is 1.76 bits per heavy atom. The summed E-state index contributed by atoms with van der Waals surface area (Å²) < 4.78 is 23.6. The fourth-order valence-electron chi connectivity index (χ4n) is 3.20. The zero-order valence-electron chi connectivity index (χ0n) is 17.0. The molecule has 0 radical (unpaired) electrons. The van der Waals surface area contributed by atoms with Gasteiger partial charge in [0.1, 0.15) is 11.6 Å². The Labute approximate surface area is 176 Å². The number of carbonyl (C=O) groups is 1. The quantitative estimate of drug-likeness (QED) is 0.732. The van der Waals surface area contributed by atoms with Crippen molar-refractivity contribution in [3.8, 4) is 0 Å². The summed E-state index contributed by atoms with van der Waals surface area (Å²) in [6.07, 6.45) is 1.11. The molecule has 156 valence electrons. The van der Waals surface area contributed by atoms with Crippen molar-refractivity contribution in [3.63, 3.8) is 0 Å². The molecule has 1 fully saturated rings. The smallest absolute Gasteiger partial charge is 0.255 e. The Balaban J connectivity index is 1.75. The molecule has 0 unspecified atom stereocenters. The van der Waals surface area contributed by atoms with E-state index >= 15 is 0 Å². The van der Waals surface area contributed by atoms with Crippen LogP contribution in [0.4, 0.5) is 5.82 Å². The standard InChI is InChI=1S/C20H25ClN4O3S/c1-13(2)19-22-14(3)11-18(23-19)24-7-9-25(10-8-24)20(26)16-12-15(29(4,27)28)5-6-17(16)21/h5-6,11-13H,7-10H2,1-4H3. The van der Waals surface area contributed by atoms with Crippen LogP contribution in [0, 0.1) is 6.92 Å². The van der Waals surface area contributed by atoms with Gasteiger partial charge in [0.15, 0.2) is 9.84 Å². The second-order valence-electron chi connectivity index (χ2n) is 7.57. The molecule has 29 heavy (non-hydrogen) atoms. The molecule has 2 aromatic rings. The van der Waals surface area contributed by atoms with Crippen LogP contribution < -0.4 is 4.90 Å². The molecule has 0 saturated carbocycles. The Morgan fingerprint density at radius 1 is 1.10 bits per heavy atom. The molecule has 1 aromatic carbocycles. The van der Waals surface area contributed by atoms with Crippen molar-refractivity contribution in [2.45, 2.75) is 31.6 Å². The van der Waals surface area contributed by atoms with Crippen molar-refractivity contribution in [2.75, 3.05) is 37.3 Å². The van der Waals surface area contributed by atoms with E-state index in [0.29, 0.717) is 26.2 Å². The second kappa shape index (κ2) is 8.28. The molecule has 0 atom stereocenters. The van der Waals surface area contributed by atoms with Crippen LogP contribution in [0.15, 0.2) is 29.2 Å². The fraction of sp³-hybridized carbons (Fsp3) is 0.450. The monoisotopic (exact) mass is 436 g/mol. The van der Waals surface area contributed by atoms with Crippen molar-refractivity contribution in [1.82, 2.24) is 14.9 Å². The molecule has 3 rings (SSSR count). The van der Waals surface area contributed by atoms with Gasteiger partial charge in [0.05, 0.1) is 15.5 Å². The summed E-state index contributed by atoms with van der Waals surface area (Å²) in [5, 5.41) is 0.248. The topological polar surface area (TPSA) is 83.5 Å². The van der Waals surface area contributed by atoms with Crippen LogP contribution >= 0.6 is 11.6 Å². The van der Waals surface area contributed by atoms with Crippen LogP contribution in [0.3, 0.4) is 0 Å². The minimum Gasteiger partial charge on any atom is -0.353 e. The van der Waals surface area contributed by atoms with Gasteiger partial charge in [0.25, 0.3) is 5.91 Å². The first-order valence-electron chi connectivity index (χ1n) is 9.45. The molecule has 0 N–H and O–H groups in total. The SMILES string of the molecule is Cc1cc(N2CCN(C(=O)c3cc(S(C)(=O)=O)ccc3Cl)CC2)nc(C(C)C)n1. The molecule has 1 aliphatic rings. The maximum atomic E-state index is 12.9. The molecule has 0 bridgehead atoms. The summed E-state index contributed by atoms with van der Waals surface area (Å²) in [5.74, 6) is 1.65. The van der Waals surface area contributed by atoms with E-state index in [0.717, 1.165) is 23.6 Å². The zero-order chi connectivity index (χ0) is 21.3. The van der Waals surface area contributed by atoms with E-state index in [1.165, 1.54) is 18.2 Å². The number of aryl methyl sites for hydroxylation is 1. The number of rotatable bonds is 4. The van der Waals surface area contributed by atoms with Crippen LogP contribution in [-0.2, 0) is 9.84 Å². The number of hydrogen-bond acceptors (Lipinski definition) is 6. The van der Waals surface area contributed by atoms with Crippen LogP contribution in [0.2, 0.25) is 5.02 Å². The van der Waals surface area contributed by atoms with Gasteiger partial charge in [-0.2, -0.15) is 0 Å². The number of amides is 1. The van der Waals surface area contributed by atoms with E-state index in [1.54, 1.807) is 4.90 Å². The highest BCUT2D eigenvalue weighted by Crippen LogP contribution is 2.24. The van der Waals surface area contributed by atoms with Gasteiger partial charge < -0.3 is 9.80 Å². The Morgan fingerprint density at radius 3 is 2.34 bits per heavy atom. The van der Waals surface area contributed by atoms with Gasteiger partial charge in [-0.25, -0.2) is 18.4 Å². The summed E-state index contributed by atoms with van der Waals surface area (Å²) in [4.78, 5) is 26.0. The van der Waals surface area contributed by atoms with E-state index in [2.05, 4.69) is 28.7 Å². The molecule has 1 amide bonds. The number of anilines is 1. The Bertz CT molecular complexity index is 1030. The molecule has 0 aliphatic carbocycles. The molecular formula is C20H25ClN4O3S. The first-order chi connectivity index (χ1) is 13.6. The Kier molecular flexibility index (Phi) is 6.14. The van der Waals surface area contributed by atoms with Gasteiger partial charge >= 0.3 is 0 Å². The van der Waals surface area contributed by atoms with Gasteiger partial charge in [-0.05, 0) is 25.1 Å². The molecule has 7 nitrogen and oxygen atoms in total. The van der Waals surface area contributed by atoms with Crippen molar-refractivity contribution in [3.05, 3.63) is 46.4 Å². The highest BCUT2D eigenvalue weighted by Gasteiger charge is 2.26. The minimum absolute atomic E-state index is 0.0848. The summed E-state index contributed by atoms with van der Waals surface area (Å²) in [6, 6.07) is 6.18. The number of nitrogens with zero attached hydrogens (tertiary/aromatic N) is 4. The summed E-state index contributed by atoms with van der Waals surface area (Å²) in [7, 11) is -3.42. The highest BCUT2D eigenvalue weighted by molar-refractivity contribution is 7.90. The fourth-order valence-corrected chi connectivity index (χ4v) is 4.05. The number of hydrogen-bond donors (Lipinski definition) is 0. The number of carbonyl (C=O) groups excluding carboxylic acids is 1. The van der Waals surface area contributed by atoms with E-state index in [1.807, 2.05) is 13.0 Å². The second-order valence-corrected chi connectivity index (χ2v) is 10.00. The minimum atomic E-state index is -3.42. The van der Waals surface area contributed by atoms with Crippen LogP contribution in [0.1, 0.15) is 41.6 Å². The van der Waals surface area contributed by atoms with Crippen LogP contribution in [0.25, 0.3) is 0 Å². The molecule has 2 heterocycles. The third-order valence-corrected chi connectivity index (χ3v) is 6.30.